The standard InChI is InChI=1S/C17H27FN2O/c1-12-10-15(18)6-7-16(12)17(11-19)20(8-9-21-3)13(2)14-4-5-14/h6-7,10,13-14,17H,4-5,8-9,11,19H2,1-3H3. The van der Waals surface area contributed by atoms with Gasteiger partial charge in [0.2, 0.25) is 0 Å². The molecule has 4 heteroatoms. The van der Waals surface area contributed by atoms with Crippen LogP contribution in [-0.2, 0) is 4.74 Å². The van der Waals surface area contributed by atoms with Gasteiger partial charge in [-0.25, -0.2) is 4.39 Å². The number of aryl methyl sites for hydroxylation is 1. The minimum Gasteiger partial charge on any atom is -0.383 e. The minimum absolute atomic E-state index is 0.122. The summed E-state index contributed by atoms with van der Waals surface area (Å²) in [6.45, 7) is 6.31. The summed E-state index contributed by atoms with van der Waals surface area (Å²) in [6, 6.07) is 5.60. The van der Waals surface area contributed by atoms with Crippen molar-refractivity contribution in [2.75, 3.05) is 26.8 Å². The summed E-state index contributed by atoms with van der Waals surface area (Å²) in [5, 5.41) is 0. The van der Waals surface area contributed by atoms with E-state index in [0.29, 0.717) is 19.2 Å². The topological polar surface area (TPSA) is 38.5 Å². The van der Waals surface area contributed by atoms with Crippen LogP contribution in [-0.4, -0.2) is 37.7 Å². The largest absolute Gasteiger partial charge is 0.383 e. The number of benzene rings is 1. The quantitative estimate of drug-likeness (QED) is 0.801. The van der Waals surface area contributed by atoms with E-state index in [1.807, 2.05) is 13.0 Å². The lowest BCUT2D eigenvalue weighted by molar-refractivity contribution is 0.0832. The molecule has 3 nitrogen and oxygen atoms in total. The maximum atomic E-state index is 13.4. The highest BCUT2D eigenvalue weighted by Crippen LogP contribution is 2.38. The third kappa shape index (κ3) is 4.02. The summed E-state index contributed by atoms with van der Waals surface area (Å²) in [6.07, 6.45) is 2.59. The first-order valence-corrected chi connectivity index (χ1v) is 7.79. The van der Waals surface area contributed by atoms with Gasteiger partial charge in [-0.3, -0.25) is 4.90 Å². The fraction of sp³-hybridized carbons (Fsp3) is 0.647. The molecule has 2 atom stereocenters. The van der Waals surface area contributed by atoms with Crippen molar-refractivity contribution < 1.29 is 9.13 Å². The van der Waals surface area contributed by atoms with E-state index in [-0.39, 0.29) is 11.9 Å². The molecular formula is C17H27FN2O. The Balaban J connectivity index is 2.24. The van der Waals surface area contributed by atoms with Gasteiger partial charge in [0.1, 0.15) is 5.82 Å². The second-order valence-electron chi connectivity index (χ2n) is 6.06. The molecule has 0 bridgehead atoms. The molecule has 0 amide bonds. The molecule has 0 aromatic heterocycles. The molecule has 1 aliphatic carbocycles. The molecule has 2 rings (SSSR count). The fourth-order valence-electron chi connectivity index (χ4n) is 3.14. The molecule has 2 unspecified atom stereocenters. The van der Waals surface area contributed by atoms with Crippen LogP contribution in [0.3, 0.4) is 0 Å². The Bertz CT molecular complexity index is 462. The number of hydrogen-bond donors (Lipinski definition) is 1. The van der Waals surface area contributed by atoms with Crippen LogP contribution in [0.1, 0.15) is 36.9 Å². The van der Waals surface area contributed by atoms with Crippen LogP contribution in [0.25, 0.3) is 0 Å². The SMILES string of the molecule is COCCN(C(CN)c1ccc(F)cc1C)C(C)C1CC1. The summed E-state index contributed by atoms with van der Waals surface area (Å²) in [7, 11) is 1.72. The van der Waals surface area contributed by atoms with E-state index in [2.05, 4.69) is 11.8 Å². The Morgan fingerprint density at radius 2 is 2.14 bits per heavy atom. The molecule has 0 heterocycles. The van der Waals surface area contributed by atoms with Crippen molar-refractivity contribution in [1.29, 1.82) is 0 Å². The second-order valence-corrected chi connectivity index (χ2v) is 6.06. The van der Waals surface area contributed by atoms with E-state index in [0.717, 1.165) is 23.6 Å². The molecule has 1 aromatic rings. The van der Waals surface area contributed by atoms with Gasteiger partial charge in [-0.2, -0.15) is 0 Å². The first-order valence-electron chi connectivity index (χ1n) is 7.79. The highest BCUT2D eigenvalue weighted by Gasteiger charge is 2.35. The maximum absolute atomic E-state index is 13.4. The predicted octanol–water partition coefficient (Wildman–Crippen LogP) is 2.88. The highest BCUT2D eigenvalue weighted by molar-refractivity contribution is 5.30. The van der Waals surface area contributed by atoms with Crippen molar-refractivity contribution >= 4 is 0 Å². The lowest BCUT2D eigenvalue weighted by Crippen LogP contribution is -2.43. The highest BCUT2D eigenvalue weighted by atomic mass is 19.1. The van der Waals surface area contributed by atoms with Crippen molar-refractivity contribution in [3.05, 3.63) is 35.1 Å². The second kappa shape index (κ2) is 7.34. The summed E-state index contributed by atoms with van der Waals surface area (Å²) in [5.74, 6) is 0.572. The van der Waals surface area contributed by atoms with Gasteiger partial charge in [-0.1, -0.05) is 6.07 Å². The molecule has 118 valence electrons. The van der Waals surface area contributed by atoms with E-state index in [4.69, 9.17) is 10.5 Å². The minimum atomic E-state index is -0.189. The van der Waals surface area contributed by atoms with Crippen LogP contribution in [0, 0.1) is 18.7 Å². The van der Waals surface area contributed by atoms with Gasteiger partial charge < -0.3 is 10.5 Å². The van der Waals surface area contributed by atoms with Crippen molar-refractivity contribution in [3.8, 4) is 0 Å². The van der Waals surface area contributed by atoms with E-state index < -0.39 is 0 Å². The van der Waals surface area contributed by atoms with Gasteiger partial charge in [0.15, 0.2) is 0 Å². The number of halogens is 1. The Morgan fingerprint density at radius 1 is 1.43 bits per heavy atom. The van der Waals surface area contributed by atoms with Crippen LogP contribution in [0.15, 0.2) is 18.2 Å². The summed E-state index contributed by atoms with van der Waals surface area (Å²) in [5.41, 5.74) is 8.16. The van der Waals surface area contributed by atoms with Crippen LogP contribution in [0.5, 0.6) is 0 Å². The first-order chi connectivity index (χ1) is 10.1. The van der Waals surface area contributed by atoms with E-state index in [1.165, 1.54) is 18.9 Å². The molecule has 0 aliphatic heterocycles. The van der Waals surface area contributed by atoms with E-state index >= 15 is 0 Å². The van der Waals surface area contributed by atoms with Gasteiger partial charge in [-0.15, -0.1) is 0 Å². The Kier molecular flexibility index (Phi) is 5.73. The smallest absolute Gasteiger partial charge is 0.123 e. The third-order valence-corrected chi connectivity index (χ3v) is 4.60. The summed E-state index contributed by atoms with van der Waals surface area (Å²) in [4.78, 5) is 2.43. The van der Waals surface area contributed by atoms with Crippen LogP contribution in [0.2, 0.25) is 0 Å². The first kappa shape index (κ1) is 16.4. The lowest BCUT2D eigenvalue weighted by atomic mass is 9.97. The zero-order chi connectivity index (χ0) is 15.4. The van der Waals surface area contributed by atoms with Gasteiger partial charge in [0.25, 0.3) is 0 Å². The maximum Gasteiger partial charge on any atom is 0.123 e. The third-order valence-electron chi connectivity index (χ3n) is 4.60. The number of nitrogens with zero attached hydrogens (tertiary/aromatic N) is 1. The van der Waals surface area contributed by atoms with Crippen molar-refractivity contribution in [1.82, 2.24) is 4.90 Å². The molecule has 1 fully saturated rings. The number of hydrogen-bond acceptors (Lipinski definition) is 3. The van der Waals surface area contributed by atoms with Crippen molar-refractivity contribution in [3.63, 3.8) is 0 Å². The zero-order valence-corrected chi connectivity index (χ0v) is 13.3. The lowest BCUT2D eigenvalue weighted by Gasteiger charge is -2.37. The molecule has 2 N–H and O–H groups in total. The Hall–Kier alpha value is -0.970. The molecular weight excluding hydrogens is 267 g/mol. The van der Waals surface area contributed by atoms with E-state index in [9.17, 15) is 4.39 Å². The van der Waals surface area contributed by atoms with Gasteiger partial charge in [0.05, 0.1) is 6.61 Å². The van der Waals surface area contributed by atoms with Gasteiger partial charge in [0, 0.05) is 32.3 Å². The molecule has 0 radical (unpaired) electrons. The van der Waals surface area contributed by atoms with E-state index in [1.54, 1.807) is 13.2 Å². The Morgan fingerprint density at radius 3 is 2.67 bits per heavy atom. The van der Waals surface area contributed by atoms with Crippen LogP contribution in [0.4, 0.5) is 4.39 Å². The predicted molar refractivity (Wildman–Crippen MR) is 83.7 cm³/mol. The van der Waals surface area contributed by atoms with Crippen molar-refractivity contribution in [2.45, 2.75) is 38.8 Å². The number of rotatable bonds is 8. The summed E-state index contributed by atoms with van der Waals surface area (Å²) >= 11 is 0. The van der Waals surface area contributed by atoms with Crippen LogP contribution >= 0.6 is 0 Å². The molecule has 0 saturated heterocycles. The van der Waals surface area contributed by atoms with Gasteiger partial charge in [-0.05, 0) is 55.9 Å². The number of ether oxygens (including phenoxy) is 1. The fourth-order valence-corrected chi connectivity index (χ4v) is 3.14. The summed E-state index contributed by atoms with van der Waals surface area (Å²) < 4.78 is 18.6. The number of nitrogens with two attached hydrogens (primary N) is 1. The monoisotopic (exact) mass is 294 g/mol. The Labute approximate surface area is 127 Å². The average Bonchev–Trinajstić information content (AvgIpc) is 3.28. The number of methoxy groups -OCH3 is 1. The normalized spacial score (nSPS) is 18.0. The molecule has 1 saturated carbocycles. The zero-order valence-electron chi connectivity index (χ0n) is 13.3. The van der Waals surface area contributed by atoms with Crippen LogP contribution < -0.4 is 5.73 Å². The molecule has 21 heavy (non-hydrogen) atoms. The molecule has 1 aromatic carbocycles. The van der Waals surface area contributed by atoms with Crippen molar-refractivity contribution in [2.24, 2.45) is 11.7 Å². The molecule has 0 spiro atoms. The average molecular weight is 294 g/mol. The molecule has 1 aliphatic rings. The van der Waals surface area contributed by atoms with Gasteiger partial charge >= 0.3 is 0 Å².